The summed E-state index contributed by atoms with van der Waals surface area (Å²) in [6.07, 6.45) is 3.86. The Morgan fingerprint density at radius 3 is 2.82 bits per heavy atom. The molecule has 28 heavy (non-hydrogen) atoms. The minimum absolute atomic E-state index is 0.00325. The van der Waals surface area contributed by atoms with Crippen LogP contribution in [0.5, 0.6) is 0 Å². The number of nitro groups is 1. The normalized spacial score (nSPS) is 17.7. The van der Waals surface area contributed by atoms with E-state index >= 15 is 0 Å². The van der Waals surface area contributed by atoms with E-state index in [1.165, 1.54) is 12.1 Å². The number of carbonyl (C=O) groups excluding carboxylic acids is 2. The number of nitrogens with one attached hydrogen (secondary N) is 1. The van der Waals surface area contributed by atoms with Gasteiger partial charge >= 0.3 is 5.97 Å². The zero-order valence-corrected chi connectivity index (χ0v) is 16.8. The second-order valence-corrected chi connectivity index (χ2v) is 7.49. The number of carbonyl (C=O) groups is 2. The quantitative estimate of drug-likeness (QED) is 0.414. The summed E-state index contributed by atoms with van der Waals surface area (Å²) in [4.78, 5) is 37.1. The predicted molar refractivity (Wildman–Crippen MR) is 107 cm³/mol. The molecule has 1 saturated heterocycles. The molecule has 0 unspecified atom stereocenters. The number of amides is 1. The average molecular weight is 391 g/mol. The minimum Gasteiger partial charge on any atom is -0.452 e. The molecular formula is C20H29N3O5. The van der Waals surface area contributed by atoms with Gasteiger partial charge in [-0.15, -0.1) is 0 Å². The maximum atomic E-state index is 12.2. The number of benzene rings is 1. The van der Waals surface area contributed by atoms with Crippen LogP contribution >= 0.6 is 0 Å². The van der Waals surface area contributed by atoms with Gasteiger partial charge in [0.15, 0.2) is 6.61 Å². The fourth-order valence-electron chi connectivity index (χ4n) is 3.51. The van der Waals surface area contributed by atoms with Gasteiger partial charge in [0.25, 0.3) is 11.6 Å². The zero-order valence-electron chi connectivity index (χ0n) is 16.8. The Labute approximate surface area is 165 Å². The fourth-order valence-corrected chi connectivity index (χ4v) is 3.51. The van der Waals surface area contributed by atoms with Gasteiger partial charge < -0.3 is 15.0 Å². The molecule has 1 N–H and O–H groups in total. The maximum Gasteiger partial charge on any atom is 0.338 e. The number of hydrogen-bond acceptors (Lipinski definition) is 6. The summed E-state index contributed by atoms with van der Waals surface area (Å²) < 4.78 is 5.02. The lowest BCUT2D eigenvalue weighted by Gasteiger charge is -2.32. The third-order valence-corrected chi connectivity index (χ3v) is 4.87. The molecule has 154 valence electrons. The second kappa shape index (κ2) is 10.1. The molecule has 8 heteroatoms. The van der Waals surface area contributed by atoms with Crippen LogP contribution in [0.25, 0.3) is 0 Å². The lowest BCUT2D eigenvalue weighted by Crippen LogP contribution is -2.35. The molecule has 1 amide bonds. The highest BCUT2D eigenvalue weighted by atomic mass is 16.6. The van der Waals surface area contributed by atoms with Crippen LogP contribution in [-0.2, 0) is 9.53 Å². The van der Waals surface area contributed by atoms with Crippen LogP contribution in [-0.4, -0.2) is 42.5 Å². The summed E-state index contributed by atoms with van der Waals surface area (Å²) >= 11 is 0. The summed E-state index contributed by atoms with van der Waals surface area (Å²) in [6, 6.07) is 4.34. The van der Waals surface area contributed by atoms with E-state index in [4.69, 9.17) is 4.74 Å². The number of piperidine rings is 1. The first-order chi connectivity index (χ1) is 13.3. The Bertz CT molecular complexity index is 722. The molecule has 1 aromatic rings. The Morgan fingerprint density at radius 1 is 1.43 bits per heavy atom. The van der Waals surface area contributed by atoms with Crippen molar-refractivity contribution < 1.29 is 19.2 Å². The molecule has 1 aliphatic heterocycles. The molecule has 8 nitrogen and oxygen atoms in total. The zero-order chi connectivity index (χ0) is 20.7. The molecule has 1 aliphatic rings. The van der Waals surface area contributed by atoms with Crippen LogP contribution in [0.4, 0.5) is 11.4 Å². The van der Waals surface area contributed by atoms with Gasteiger partial charge in [0, 0.05) is 25.2 Å². The number of hydrogen-bond donors (Lipinski definition) is 1. The van der Waals surface area contributed by atoms with Crippen molar-refractivity contribution in [1.82, 2.24) is 5.32 Å². The van der Waals surface area contributed by atoms with Gasteiger partial charge in [0.1, 0.15) is 5.69 Å². The molecule has 1 heterocycles. The molecule has 2 rings (SSSR count). The van der Waals surface area contributed by atoms with Gasteiger partial charge in [-0.3, -0.25) is 14.9 Å². The van der Waals surface area contributed by atoms with Crippen LogP contribution < -0.4 is 10.2 Å². The second-order valence-electron chi connectivity index (χ2n) is 7.49. The third-order valence-electron chi connectivity index (χ3n) is 4.87. The van der Waals surface area contributed by atoms with E-state index in [0.717, 1.165) is 38.8 Å². The van der Waals surface area contributed by atoms with E-state index in [1.54, 1.807) is 6.07 Å². The van der Waals surface area contributed by atoms with Crippen molar-refractivity contribution in [1.29, 1.82) is 0 Å². The van der Waals surface area contributed by atoms with E-state index in [-0.39, 0.29) is 23.2 Å². The number of ether oxygens (including phenoxy) is 1. The maximum absolute atomic E-state index is 12.2. The topological polar surface area (TPSA) is 102 Å². The first kappa shape index (κ1) is 21.7. The molecular weight excluding hydrogens is 362 g/mol. The Balaban J connectivity index is 2.05. The lowest BCUT2D eigenvalue weighted by molar-refractivity contribution is -0.384. The van der Waals surface area contributed by atoms with Crippen LogP contribution in [0.3, 0.4) is 0 Å². The number of esters is 1. The largest absolute Gasteiger partial charge is 0.452 e. The number of nitrogens with zero attached hydrogens (tertiary/aromatic N) is 2. The van der Waals surface area contributed by atoms with E-state index in [9.17, 15) is 19.7 Å². The van der Waals surface area contributed by atoms with Crippen molar-refractivity contribution in [2.45, 2.75) is 52.5 Å². The molecule has 0 aliphatic carbocycles. The molecule has 1 aromatic carbocycles. The summed E-state index contributed by atoms with van der Waals surface area (Å²) in [6.45, 7) is 7.12. The third kappa shape index (κ3) is 5.94. The Morgan fingerprint density at radius 2 is 2.18 bits per heavy atom. The van der Waals surface area contributed by atoms with E-state index < -0.39 is 17.5 Å². The summed E-state index contributed by atoms with van der Waals surface area (Å²) in [5, 5.41) is 14.3. The highest BCUT2D eigenvalue weighted by molar-refractivity contribution is 5.93. The fraction of sp³-hybridized carbons (Fsp3) is 0.600. The summed E-state index contributed by atoms with van der Waals surface area (Å²) in [5.41, 5.74) is 0.457. The predicted octanol–water partition coefficient (Wildman–Crippen LogP) is 3.29. The molecule has 2 atom stereocenters. The van der Waals surface area contributed by atoms with Crippen molar-refractivity contribution in [2.24, 2.45) is 5.92 Å². The highest BCUT2D eigenvalue weighted by Crippen LogP contribution is 2.32. The SMILES string of the molecule is CCC[C@H](C)NC(=O)COC(=O)c1ccc(N2CCC[C@H](C)C2)c([N+](=O)[O-])c1. The molecule has 0 bridgehead atoms. The minimum atomic E-state index is -0.750. The number of nitro benzene ring substituents is 1. The standard InChI is InChI=1S/C20H29N3O5/c1-4-6-15(3)21-19(24)13-28-20(25)16-8-9-17(18(11-16)23(26)27)22-10-5-7-14(2)12-22/h8-9,11,14-15H,4-7,10,12-13H2,1-3H3,(H,21,24)/t14-,15-/m0/s1. The molecule has 0 aromatic heterocycles. The van der Waals surface area contributed by atoms with Crippen molar-refractivity contribution in [3.63, 3.8) is 0 Å². The monoisotopic (exact) mass is 391 g/mol. The van der Waals surface area contributed by atoms with Crippen LogP contribution in [0.15, 0.2) is 18.2 Å². The van der Waals surface area contributed by atoms with Crippen LogP contribution in [0, 0.1) is 16.0 Å². The Hall–Kier alpha value is -2.64. The summed E-state index contributed by atoms with van der Waals surface area (Å²) in [5.74, 6) is -0.672. The van der Waals surface area contributed by atoms with E-state index in [0.29, 0.717) is 11.6 Å². The van der Waals surface area contributed by atoms with Crippen LogP contribution in [0.2, 0.25) is 0 Å². The number of anilines is 1. The number of rotatable bonds is 8. The van der Waals surface area contributed by atoms with Gasteiger partial charge in [0.2, 0.25) is 0 Å². The Kier molecular flexibility index (Phi) is 7.78. The molecule has 0 spiro atoms. The molecule has 0 radical (unpaired) electrons. The first-order valence-electron chi connectivity index (χ1n) is 9.81. The van der Waals surface area contributed by atoms with Gasteiger partial charge in [-0.25, -0.2) is 4.79 Å². The molecule has 1 fully saturated rings. The van der Waals surface area contributed by atoms with E-state index in [1.807, 2.05) is 18.7 Å². The lowest BCUT2D eigenvalue weighted by atomic mass is 9.99. The average Bonchev–Trinajstić information content (AvgIpc) is 2.65. The van der Waals surface area contributed by atoms with Crippen LogP contribution in [0.1, 0.15) is 56.8 Å². The van der Waals surface area contributed by atoms with Crippen molar-refractivity contribution in [3.8, 4) is 0 Å². The molecule has 0 saturated carbocycles. The van der Waals surface area contributed by atoms with Crippen molar-refractivity contribution in [3.05, 3.63) is 33.9 Å². The smallest absolute Gasteiger partial charge is 0.338 e. The van der Waals surface area contributed by atoms with Crippen molar-refractivity contribution >= 4 is 23.3 Å². The summed E-state index contributed by atoms with van der Waals surface area (Å²) in [7, 11) is 0. The van der Waals surface area contributed by atoms with Crippen molar-refractivity contribution in [2.75, 3.05) is 24.6 Å². The van der Waals surface area contributed by atoms with Gasteiger partial charge in [-0.2, -0.15) is 0 Å². The highest BCUT2D eigenvalue weighted by Gasteiger charge is 2.25. The van der Waals surface area contributed by atoms with Gasteiger partial charge in [-0.05, 0) is 44.2 Å². The van der Waals surface area contributed by atoms with Gasteiger partial charge in [0.05, 0.1) is 10.5 Å². The van der Waals surface area contributed by atoms with E-state index in [2.05, 4.69) is 12.2 Å². The first-order valence-corrected chi connectivity index (χ1v) is 9.81. The van der Waals surface area contributed by atoms with Gasteiger partial charge in [-0.1, -0.05) is 20.3 Å².